The standard InChI is InChI=1S/C15H13NO2/c1-2-3-6-9-16-13-10-14(17)11-7-4-5-8-12(11)15(13)18/h4-5,7-8,10,16H,2,9H2,1H3. The SMILES string of the molecule is CCC#CCNC1=CC(=O)c2ccccc2C1=O. The average Bonchev–Trinajstić information content (AvgIpc) is 2.40. The normalized spacial score (nSPS) is 13.3. The fraction of sp³-hybridized carbons (Fsp3) is 0.200. The minimum Gasteiger partial charge on any atom is -0.371 e. The summed E-state index contributed by atoms with van der Waals surface area (Å²) in [7, 11) is 0. The van der Waals surface area contributed by atoms with Gasteiger partial charge in [-0.15, -0.1) is 5.92 Å². The van der Waals surface area contributed by atoms with Gasteiger partial charge in [-0.1, -0.05) is 37.1 Å². The molecule has 0 spiro atoms. The molecule has 3 heteroatoms. The Labute approximate surface area is 106 Å². The number of hydrogen-bond acceptors (Lipinski definition) is 3. The highest BCUT2D eigenvalue weighted by Gasteiger charge is 2.24. The fourth-order valence-electron chi connectivity index (χ4n) is 1.77. The first kappa shape index (κ1) is 12.1. The van der Waals surface area contributed by atoms with Gasteiger partial charge in [0, 0.05) is 23.6 Å². The Balaban J connectivity index is 2.21. The van der Waals surface area contributed by atoms with Gasteiger partial charge in [-0.3, -0.25) is 9.59 Å². The maximum atomic E-state index is 12.1. The zero-order valence-electron chi connectivity index (χ0n) is 10.1. The second-order valence-corrected chi connectivity index (χ2v) is 3.86. The maximum Gasteiger partial charge on any atom is 0.209 e. The summed E-state index contributed by atoms with van der Waals surface area (Å²) in [4.78, 5) is 23.9. The molecule has 0 aromatic heterocycles. The van der Waals surface area contributed by atoms with Crippen LogP contribution in [0.4, 0.5) is 0 Å². The molecule has 0 atom stereocenters. The fourth-order valence-corrected chi connectivity index (χ4v) is 1.77. The summed E-state index contributed by atoms with van der Waals surface area (Å²) in [6.07, 6.45) is 2.12. The maximum absolute atomic E-state index is 12.1. The van der Waals surface area contributed by atoms with E-state index in [-0.39, 0.29) is 11.6 Å². The number of rotatable bonds is 2. The first-order valence-corrected chi connectivity index (χ1v) is 5.83. The summed E-state index contributed by atoms with van der Waals surface area (Å²) in [6, 6.07) is 6.84. The van der Waals surface area contributed by atoms with Gasteiger partial charge in [0.15, 0.2) is 5.78 Å². The molecule has 18 heavy (non-hydrogen) atoms. The van der Waals surface area contributed by atoms with Crippen molar-refractivity contribution >= 4 is 11.6 Å². The van der Waals surface area contributed by atoms with Gasteiger partial charge in [0.1, 0.15) is 0 Å². The van der Waals surface area contributed by atoms with E-state index in [1.165, 1.54) is 6.08 Å². The summed E-state index contributed by atoms with van der Waals surface area (Å²) in [5.41, 5.74) is 1.24. The average molecular weight is 239 g/mol. The van der Waals surface area contributed by atoms with Crippen molar-refractivity contribution in [3.8, 4) is 11.8 Å². The van der Waals surface area contributed by atoms with Gasteiger partial charge in [0.2, 0.25) is 5.78 Å². The van der Waals surface area contributed by atoms with Gasteiger partial charge in [-0.25, -0.2) is 0 Å². The monoisotopic (exact) mass is 239 g/mol. The molecule has 0 bridgehead atoms. The minimum atomic E-state index is -0.150. The van der Waals surface area contributed by atoms with Gasteiger partial charge in [-0.05, 0) is 0 Å². The van der Waals surface area contributed by atoms with E-state index in [1.807, 2.05) is 6.92 Å². The highest BCUT2D eigenvalue weighted by Crippen LogP contribution is 2.19. The van der Waals surface area contributed by atoms with Crippen molar-refractivity contribution in [1.82, 2.24) is 5.32 Å². The number of allylic oxidation sites excluding steroid dienone is 2. The summed E-state index contributed by atoms with van der Waals surface area (Å²) >= 11 is 0. The molecule has 1 N–H and O–H groups in total. The van der Waals surface area contributed by atoms with Crippen molar-refractivity contribution in [2.75, 3.05) is 6.54 Å². The second kappa shape index (κ2) is 5.33. The molecule has 2 rings (SSSR count). The predicted octanol–water partition coefficient (Wildman–Crippen LogP) is 1.95. The number of benzene rings is 1. The number of carbonyl (C=O) groups excluding carboxylic acids is 2. The van der Waals surface area contributed by atoms with E-state index in [1.54, 1.807) is 24.3 Å². The van der Waals surface area contributed by atoms with Crippen LogP contribution in [0.25, 0.3) is 0 Å². The lowest BCUT2D eigenvalue weighted by atomic mass is 9.93. The summed E-state index contributed by atoms with van der Waals surface area (Å²) < 4.78 is 0. The Morgan fingerprint density at radius 1 is 1.11 bits per heavy atom. The first-order valence-electron chi connectivity index (χ1n) is 5.83. The molecular formula is C15H13NO2. The molecule has 0 heterocycles. The van der Waals surface area contributed by atoms with Crippen molar-refractivity contribution in [3.05, 3.63) is 47.2 Å². The van der Waals surface area contributed by atoms with Gasteiger partial charge in [0.05, 0.1) is 12.2 Å². The Morgan fingerprint density at radius 3 is 2.56 bits per heavy atom. The molecule has 1 aromatic rings. The summed E-state index contributed by atoms with van der Waals surface area (Å²) in [5, 5.41) is 2.89. The zero-order chi connectivity index (χ0) is 13.0. The molecule has 0 fully saturated rings. The summed E-state index contributed by atoms with van der Waals surface area (Å²) in [6.45, 7) is 2.33. The lowest BCUT2D eigenvalue weighted by molar-refractivity contribution is 0.0979. The molecule has 1 aliphatic rings. The largest absolute Gasteiger partial charge is 0.371 e. The van der Waals surface area contributed by atoms with Crippen LogP contribution in [0.15, 0.2) is 36.0 Å². The van der Waals surface area contributed by atoms with Crippen LogP contribution in [-0.2, 0) is 0 Å². The molecular weight excluding hydrogens is 226 g/mol. The summed E-state index contributed by atoms with van der Waals surface area (Å²) in [5.74, 6) is 5.48. The van der Waals surface area contributed by atoms with Crippen molar-refractivity contribution < 1.29 is 9.59 Å². The van der Waals surface area contributed by atoms with Crippen LogP contribution in [0.1, 0.15) is 34.1 Å². The van der Waals surface area contributed by atoms with Crippen LogP contribution in [0, 0.1) is 11.8 Å². The second-order valence-electron chi connectivity index (χ2n) is 3.86. The van der Waals surface area contributed by atoms with E-state index in [4.69, 9.17) is 0 Å². The van der Waals surface area contributed by atoms with Crippen LogP contribution < -0.4 is 5.32 Å². The smallest absolute Gasteiger partial charge is 0.209 e. The molecule has 1 aromatic carbocycles. The van der Waals surface area contributed by atoms with Crippen molar-refractivity contribution in [1.29, 1.82) is 0 Å². The third-order valence-electron chi connectivity index (χ3n) is 2.63. The van der Waals surface area contributed by atoms with Gasteiger partial charge in [0.25, 0.3) is 0 Å². The molecule has 0 saturated carbocycles. The molecule has 0 saturated heterocycles. The van der Waals surface area contributed by atoms with Crippen molar-refractivity contribution in [3.63, 3.8) is 0 Å². The van der Waals surface area contributed by atoms with E-state index in [0.29, 0.717) is 23.4 Å². The van der Waals surface area contributed by atoms with Crippen molar-refractivity contribution in [2.24, 2.45) is 0 Å². The highest BCUT2D eigenvalue weighted by molar-refractivity contribution is 6.24. The Hall–Kier alpha value is -2.34. The predicted molar refractivity (Wildman–Crippen MR) is 69.3 cm³/mol. The Morgan fingerprint density at radius 2 is 1.83 bits per heavy atom. The van der Waals surface area contributed by atoms with Crippen LogP contribution in [0.2, 0.25) is 0 Å². The first-order chi connectivity index (χ1) is 8.74. The number of nitrogens with one attached hydrogen (secondary N) is 1. The van der Waals surface area contributed by atoms with E-state index >= 15 is 0 Å². The number of ketones is 2. The van der Waals surface area contributed by atoms with E-state index in [0.717, 1.165) is 6.42 Å². The quantitative estimate of drug-likeness (QED) is 0.802. The Bertz CT molecular complexity index is 588. The van der Waals surface area contributed by atoms with E-state index in [2.05, 4.69) is 17.2 Å². The zero-order valence-corrected chi connectivity index (χ0v) is 10.1. The van der Waals surface area contributed by atoms with E-state index < -0.39 is 0 Å². The minimum absolute atomic E-state index is 0.142. The molecule has 0 radical (unpaired) electrons. The van der Waals surface area contributed by atoms with Gasteiger partial charge >= 0.3 is 0 Å². The van der Waals surface area contributed by atoms with Crippen LogP contribution in [0.5, 0.6) is 0 Å². The molecule has 0 aliphatic heterocycles. The number of hydrogen-bond donors (Lipinski definition) is 1. The third-order valence-corrected chi connectivity index (χ3v) is 2.63. The molecule has 1 aliphatic carbocycles. The van der Waals surface area contributed by atoms with Crippen LogP contribution in [0.3, 0.4) is 0 Å². The lowest BCUT2D eigenvalue weighted by Gasteiger charge is -2.14. The topological polar surface area (TPSA) is 46.2 Å². The van der Waals surface area contributed by atoms with Gasteiger partial charge in [-0.2, -0.15) is 0 Å². The van der Waals surface area contributed by atoms with Crippen LogP contribution in [-0.4, -0.2) is 18.1 Å². The van der Waals surface area contributed by atoms with E-state index in [9.17, 15) is 9.59 Å². The molecule has 0 amide bonds. The highest BCUT2D eigenvalue weighted by atomic mass is 16.1. The van der Waals surface area contributed by atoms with Crippen molar-refractivity contribution in [2.45, 2.75) is 13.3 Å². The Kier molecular flexibility index (Phi) is 3.59. The number of carbonyl (C=O) groups is 2. The van der Waals surface area contributed by atoms with Crippen LogP contribution >= 0.6 is 0 Å². The lowest BCUT2D eigenvalue weighted by Crippen LogP contribution is -2.27. The number of Topliss-reactive ketones (excluding diaryl/α,β-unsaturated/α-hetero) is 1. The number of fused-ring (bicyclic) bond motifs is 1. The molecule has 3 nitrogen and oxygen atoms in total. The third kappa shape index (κ3) is 2.33. The van der Waals surface area contributed by atoms with Gasteiger partial charge < -0.3 is 5.32 Å². The molecule has 0 unspecified atom stereocenters. The molecule has 90 valence electrons.